The van der Waals surface area contributed by atoms with Gasteiger partial charge in [0.2, 0.25) is 0 Å². The maximum absolute atomic E-state index is 12.7. The molecule has 128 valence electrons. The zero-order chi connectivity index (χ0) is 17.1. The van der Waals surface area contributed by atoms with E-state index < -0.39 is 0 Å². The third kappa shape index (κ3) is 3.50. The SMILES string of the molecule is O=C(N[C@H]1CCCNC1)c1cc(-c2cccs2)n(-c2ccccc2)n1. The number of rotatable bonds is 4. The van der Waals surface area contributed by atoms with Crippen molar-refractivity contribution in [3.8, 4) is 16.3 Å². The molecule has 0 saturated carbocycles. The van der Waals surface area contributed by atoms with Crippen LogP contribution in [0.1, 0.15) is 23.3 Å². The number of para-hydroxylation sites is 1. The van der Waals surface area contributed by atoms with Crippen molar-refractivity contribution >= 4 is 17.2 Å². The summed E-state index contributed by atoms with van der Waals surface area (Å²) in [5.41, 5.74) is 2.34. The van der Waals surface area contributed by atoms with Crippen molar-refractivity contribution in [2.75, 3.05) is 13.1 Å². The van der Waals surface area contributed by atoms with E-state index in [1.165, 1.54) is 0 Å². The van der Waals surface area contributed by atoms with Gasteiger partial charge in [0.15, 0.2) is 5.69 Å². The van der Waals surface area contributed by atoms with Gasteiger partial charge in [0.1, 0.15) is 0 Å². The van der Waals surface area contributed by atoms with Gasteiger partial charge < -0.3 is 10.6 Å². The van der Waals surface area contributed by atoms with Crippen molar-refractivity contribution in [1.82, 2.24) is 20.4 Å². The molecule has 4 rings (SSSR count). The first-order valence-corrected chi connectivity index (χ1v) is 9.40. The highest BCUT2D eigenvalue weighted by molar-refractivity contribution is 7.13. The van der Waals surface area contributed by atoms with Gasteiger partial charge in [-0.3, -0.25) is 4.79 Å². The molecule has 0 bridgehead atoms. The number of thiophene rings is 1. The fraction of sp³-hybridized carbons (Fsp3) is 0.263. The van der Waals surface area contributed by atoms with Crippen LogP contribution in [0.5, 0.6) is 0 Å². The first-order chi connectivity index (χ1) is 12.3. The van der Waals surface area contributed by atoms with Gasteiger partial charge in [0, 0.05) is 12.6 Å². The number of carbonyl (C=O) groups excluding carboxylic acids is 1. The standard InChI is InChI=1S/C19H20N4OS/c24-19(21-14-6-4-10-20-13-14)16-12-17(18-9-5-11-25-18)23(22-16)15-7-2-1-3-8-15/h1-3,5,7-9,11-12,14,20H,4,6,10,13H2,(H,21,24)/t14-/m0/s1. The Bertz CT molecular complexity index is 836. The highest BCUT2D eigenvalue weighted by Gasteiger charge is 2.21. The molecule has 1 fully saturated rings. The number of amides is 1. The minimum atomic E-state index is -0.110. The van der Waals surface area contributed by atoms with Crippen LogP contribution in [0.15, 0.2) is 53.9 Å². The summed E-state index contributed by atoms with van der Waals surface area (Å²) >= 11 is 1.64. The molecular weight excluding hydrogens is 332 g/mol. The van der Waals surface area contributed by atoms with Crippen LogP contribution in [0.2, 0.25) is 0 Å². The van der Waals surface area contributed by atoms with Crippen molar-refractivity contribution < 1.29 is 4.79 Å². The van der Waals surface area contributed by atoms with E-state index in [1.54, 1.807) is 11.3 Å². The van der Waals surface area contributed by atoms with Crippen molar-refractivity contribution in [3.05, 3.63) is 59.6 Å². The summed E-state index contributed by atoms with van der Waals surface area (Å²) in [6, 6.07) is 16.0. The van der Waals surface area contributed by atoms with Gasteiger partial charge in [0.25, 0.3) is 5.91 Å². The topological polar surface area (TPSA) is 59.0 Å². The Morgan fingerprint density at radius 1 is 1.24 bits per heavy atom. The highest BCUT2D eigenvalue weighted by Crippen LogP contribution is 2.28. The second kappa shape index (κ2) is 7.21. The highest BCUT2D eigenvalue weighted by atomic mass is 32.1. The van der Waals surface area contributed by atoms with Gasteiger partial charge in [-0.15, -0.1) is 11.3 Å². The molecule has 0 spiro atoms. The summed E-state index contributed by atoms with van der Waals surface area (Å²) in [6.07, 6.45) is 2.10. The molecule has 0 unspecified atom stereocenters. The van der Waals surface area contributed by atoms with Gasteiger partial charge in [-0.05, 0) is 49.0 Å². The Labute approximate surface area is 150 Å². The lowest BCUT2D eigenvalue weighted by atomic mass is 10.1. The van der Waals surface area contributed by atoms with Crippen LogP contribution in [0, 0.1) is 0 Å². The average Bonchev–Trinajstić information content (AvgIpc) is 3.33. The number of hydrogen-bond acceptors (Lipinski definition) is 4. The molecular formula is C19H20N4OS. The number of carbonyl (C=O) groups is 1. The molecule has 25 heavy (non-hydrogen) atoms. The molecule has 6 heteroatoms. The average molecular weight is 352 g/mol. The monoisotopic (exact) mass is 352 g/mol. The summed E-state index contributed by atoms with van der Waals surface area (Å²) in [4.78, 5) is 13.8. The fourth-order valence-electron chi connectivity index (χ4n) is 3.09. The molecule has 1 saturated heterocycles. The van der Waals surface area contributed by atoms with Gasteiger partial charge in [0.05, 0.1) is 16.3 Å². The van der Waals surface area contributed by atoms with Crippen molar-refractivity contribution in [3.63, 3.8) is 0 Å². The largest absolute Gasteiger partial charge is 0.347 e. The minimum Gasteiger partial charge on any atom is -0.347 e. The van der Waals surface area contributed by atoms with Gasteiger partial charge in [-0.25, -0.2) is 4.68 Å². The van der Waals surface area contributed by atoms with Crippen LogP contribution < -0.4 is 10.6 Å². The predicted molar refractivity (Wildman–Crippen MR) is 100 cm³/mol. The van der Waals surface area contributed by atoms with Gasteiger partial charge in [-0.2, -0.15) is 5.10 Å². The minimum absolute atomic E-state index is 0.110. The van der Waals surface area contributed by atoms with E-state index in [2.05, 4.69) is 15.7 Å². The zero-order valence-corrected chi connectivity index (χ0v) is 14.6. The lowest BCUT2D eigenvalue weighted by molar-refractivity contribution is 0.0925. The van der Waals surface area contributed by atoms with Crippen LogP contribution in [-0.4, -0.2) is 34.8 Å². The molecule has 1 aromatic carbocycles. The van der Waals surface area contributed by atoms with Crippen molar-refractivity contribution in [1.29, 1.82) is 0 Å². The third-order valence-electron chi connectivity index (χ3n) is 4.35. The van der Waals surface area contributed by atoms with Crippen molar-refractivity contribution in [2.24, 2.45) is 0 Å². The summed E-state index contributed by atoms with van der Waals surface area (Å²) in [6.45, 7) is 1.85. The van der Waals surface area contributed by atoms with E-state index >= 15 is 0 Å². The second-order valence-electron chi connectivity index (χ2n) is 6.16. The van der Waals surface area contributed by atoms with Crippen LogP contribution >= 0.6 is 11.3 Å². The predicted octanol–water partition coefficient (Wildman–Crippen LogP) is 3.08. The molecule has 1 amide bonds. The maximum Gasteiger partial charge on any atom is 0.272 e. The van der Waals surface area contributed by atoms with E-state index in [9.17, 15) is 4.79 Å². The zero-order valence-electron chi connectivity index (χ0n) is 13.8. The Morgan fingerprint density at radius 2 is 2.12 bits per heavy atom. The smallest absolute Gasteiger partial charge is 0.272 e. The molecule has 3 aromatic rings. The third-order valence-corrected chi connectivity index (χ3v) is 5.24. The van der Waals surface area contributed by atoms with Crippen LogP contribution in [-0.2, 0) is 0 Å². The summed E-state index contributed by atoms with van der Waals surface area (Å²) in [5, 5.41) is 13.0. The first kappa shape index (κ1) is 16.1. The normalized spacial score (nSPS) is 17.4. The van der Waals surface area contributed by atoms with Crippen LogP contribution in [0.4, 0.5) is 0 Å². The molecule has 2 aromatic heterocycles. The Kier molecular flexibility index (Phi) is 4.63. The van der Waals surface area contributed by atoms with E-state index in [0.717, 1.165) is 42.2 Å². The molecule has 5 nitrogen and oxygen atoms in total. The Balaban J connectivity index is 1.66. The lowest BCUT2D eigenvalue weighted by Gasteiger charge is -2.23. The number of aromatic nitrogens is 2. The number of nitrogens with one attached hydrogen (secondary N) is 2. The molecule has 0 radical (unpaired) electrons. The maximum atomic E-state index is 12.7. The van der Waals surface area contributed by atoms with Gasteiger partial charge >= 0.3 is 0 Å². The Hall–Kier alpha value is -2.44. The second-order valence-corrected chi connectivity index (χ2v) is 7.10. The van der Waals surface area contributed by atoms with E-state index in [-0.39, 0.29) is 11.9 Å². The number of nitrogens with zero attached hydrogens (tertiary/aromatic N) is 2. The van der Waals surface area contributed by atoms with E-state index in [0.29, 0.717) is 5.69 Å². The quantitative estimate of drug-likeness (QED) is 0.759. The van der Waals surface area contributed by atoms with Crippen molar-refractivity contribution in [2.45, 2.75) is 18.9 Å². The molecule has 1 aliphatic rings. The number of hydrogen-bond donors (Lipinski definition) is 2. The molecule has 3 heterocycles. The molecule has 1 aliphatic heterocycles. The van der Waals surface area contributed by atoms with E-state index in [4.69, 9.17) is 0 Å². The molecule has 0 aliphatic carbocycles. The van der Waals surface area contributed by atoms with E-state index in [1.807, 2.05) is 58.6 Å². The summed E-state index contributed by atoms with van der Waals surface area (Å²) in [7, 11) is 0. The van der Waals surface area contributed by atoms with Crippen LogP contribution in [0.25, 0.3) is 16.3 Å². The van der Waals surface area contributed by atoms with Crippen LogP contribution in [0.3, 0.4) is 0 Å². The molecule has 2 N–H and O–H groups in total. The summed E-state index contributed by atoms with van der Waals surface area (Å²) < 4.78 is 1.85. The molecule has 1 atom stereocenters. The fourth-order valence-corrected chi connectivity index (χ4v) is 3.82. The Morgan fingerprint density at radius 3 is 2.84 bits per heavy atom. The summed E-state index contributed by atoms with van der Waals surface area (Å²) in [5.74, 6) is -0.110. The lowest BCUT2D eigenvalue weighted by Crippen LogP contribution is -2.45. The first-order valence-electron chi connectivity index (χ1n) is 8.52. The van der Waals surface area contributed by atoms with Gasteiger partial charge in [-0.1, -0.05) is 24.3 Å². The number of piperidine rings is 1. The number of benzene rings is 1.